The second kappa shape index (κ2) is 8.68. The second-order valence-electron chi connectivity index (χ2n) is 7.73. The van der Waals surface area contributed by atoms with Gasteiger partial charge in [-0.2, -0.15) is 0 Å². The van der Waals surface area contributed by atoms with Gasteiger partial charge in [-0.1, -0.05) is 0 Å². The molecule has 9 nitrogen and oxygen atoms in total. The maximum Gasteiger partial charge on any atom is 0.267 e. The fraction of sp³-hybridized carbons (Fsp3) is 0.240. The number of amides is 1. The lowest BCUT2D eigenvalue weighted by molar-refractivity contribution is -0.123. The number of rotatable bonds is 8. The molecule has 0 saturated heterocycles. The molecule has 0 fully saturated rings. The number of hydrogen-bond donors (Lipinski definition) is 1. The molecule has 0 radical (unpaired) electrons. The third-order valence-electron chi connectivity index (χ3n) is 5.86. The first-order valence-corrected chi connectivity index (χ1v) is 10.7. The average Bonchev–Trinajstić information content (AvgIpc) is 3.20. The molecule has 9 heteroatoms. The van der Waals surface area contributed by atoms with Crippen LogP contribution in [0.2, 0.25) is 0 Å². The Hall–Kier alpha value is -4.11. The smallest absolute Gasteiger partial charge is 0.267 e. The van der Waals surface area contributed by atoms with Gasteiger partial charge in [-0.05, 0) is 36.4 Å². The van der Waals surface area contributed by atoms with Crippen molar-refractivity contribution in [1.29, 1.82) is 0 Å². The second-order valence-corrected chi connectivity index (χ2v) is 7.73. The minimum Gasteiger partial charge on any atom is -0.493 e. The number of benzene rings is 2. The van der Waals surface area contributed by atoms with Crippen molar-refractivity contribution in [1.82, 2.24) is 14.7 Å². The van der Waals surface area contributed by atoms with Crippen LogP contribution in [0.3, 0.4) is 0 Å². The minimum atomic E-state index is -0.240. The quantitative estimate of drug-likeness (QED) is 0.280. The number of nitrogens with one attached hydrogen (secondary N) is 1. The Morgan fingerprint density at radius 2 is 1.88 bits per heavy atom. The zero-order valence-electron chi connectivity index (χ0n) is 19.0. The summed E-state index contributed by atoms with van der Waals surface area (Å²) >= 11 is 0. The highest BCUT2D eigenvalue weighted by atomic mass is 16.5. The summed E-state index contributed by atoms with van der Waals surface area (Å²) in [4.78, 5) is 30.3. The van der Waals surface area contributed by atoms with Gasteiger partial charge >= 0.3 is 0 Å². The maximum atomic E-state index is 13.7. The van der Waals surface area contributed by atoms with E-state index in [0.29, 0.717) is 52.2 Å². The fourth-order valence-electron chi connectivity index (χ4n) is 4.38. The van der Waals surface area contributed by atoms with Crippen LogP contribution in [0, 0.1) is 0 Å². The van der Waals surface area contributed by atoms with Gasteiger partial charge in [0.1, 0.15) is 5.75 Å². The van der Waals surface area contributed by atoms with E-state index in [0.717, 1.165) is 16.3 Å². The summed E-state index contributed by atoms with van der Waals surface area (Å²) in [5.41, 5.74) is 1.89. The van der Waals surface area contributed by atoms with E-state index in [-0.39, 0.29) is 18.1 Å². The molecule has 1 amide bonds. The first kappa shape index (κ1) is 21.7. The summed E-state index contributed by atoms with van der Waals surface area (Å²) in [7, 11) is 4.62. The summed E-state index contributed by atoms with van der Waals surface area (Å²) in [6.45, 7) is 0.723. The van der Waals surface area contributed by atoms with E-state index < -0.39 is 0 Å². The highest BCUT2D eigenvalue weighted by Gasteiger charge is 2.22. The third-order valence-corrected chi connectivity index (χ3v) is 5.86. The first-order chi connectivity index (χ1) is 16.6. The molecule has 0 aliphatic carbocycles. The van der Waals surface area contributed by atoms with Gasteiger partial charge in [0, 0.05) is 36.0 Å². The Morgan fingerprint density at radius 3 is 2.65 bits per heavy atom. The molecule has 0 spiro atoms. The SMILES string of the molecule is COCCNC(=O)COc1ccc2c(c1)c1ccnc3c4ccc(OC)c(OC)c4c(=O)n2c13. The number of carbonyl (C=O) groups is 1. The molecule has 2 aromatic carbocycles. The van der Waals surface area contributed by atoms with E-state index in [1.54, 1.807) is 29.8 Å². The molecule has 0 aliphatic rings. The van der Waals surface area contributed by atoms with Crippen molar-refractivity contribution in [3.8, 4) is 17.2 Å². The van der Waals surface area contributed by atoms with Gasteiger partial charge < -0.3 is 24.3 Å². The Labute approximate surface area is 194 Å². The number of nitrogens with zero attached hydrogens (tertiary/aromatic N) is 2. The Morgan fingerprint density at radius 1 is 1.03 bits per heavy atom. The van der Waals surface area contributed by atoms with Gasteiger partial charge in [0.05, 0.1) is 42.8 Å². The van der Waals surface area contributed by atoms with E-state index in [2.05, 4.69) is 10.3 Å². The van der Waals surface area contributed by atoms with Gasteiger partial charge in [-0.25, -0.2) is 0 Å². The van der Waals surface area contributed by atoms with E-state index in [1.807, 2.05) is 24.3 Å². The number of carbonyl (C=O) groups excluding carboxylic acids is 1. The van der Waals surface area contributed by atoms with Crippen molar-refractivity contribution < 1.29 is 23.7 Å². The van der Waals surface area contributed by atoms with Crippen LogP contribution in [0.15, 0.2) is 47.4 Å². The van der Waals surface area contributed by atoms with Gasteiger partial charge in [0.2, 0.25) is 0 Å². The number of methoxy groups -OCH3 is 3. The molecule has 34 heavy (non-hydrogen) atoms. The highest BCUT2D eigenvalue weighted by Crippen LogP contribution is 2.39. The summed E-state index contributed by atoms with van der Waals surface area (Å²) in [5.74, 6) is 1.13. The van der Waals surface area contributed by atoms with Crippen LogP contribution in [-0.2, 0) is 9.53 Å². The molecule has 5 rings (SSSR count). The van der Waals surface area contributed by atoms with Crippen LogP contribution in [0.25, 0.3) is 38.1 Å². The monoisotopic (exact) mass is 461 g/mol. The highest BCUT2D eigenvalue weighted by molar-refractivity contribution is 6.19. The van der Waals surface area contributed by atoms with Gasteiger partial charge in [0.15, 0.2) is 18.1 Å². The molecular formula is C25H23N3O6. The topological polar surface area (TPSA) is 100 Å². The normalized spacial score (nSPS) is 11.5. The van der Waals surface area contributed by atoms with E-state index in [4.69, 9.17) is 18.9 Å². The number of fused-ring (bicyclic) bond motifs is 5. The summed E-state index contributed by atoms with van der Waals surface area (Å²) in [6, 6.07) is 10.9. The van der Waals surface area contributed by atoms with Crippen molar-refractivity contribution in [3.05, 3.63) is 52.9 Å². The molecule has 174 valence electrons. The van der Waals surface area contributed by atoms with Gasteiger partial charge in [0.25, 0.3) is 11.5 Å². The molecule has 0 atom stereocenters. The third kappa shape index (κ3) is 3.32. The van der Waals surface area contributed by atoms with E-state index in [9.17, 15) is 9.59 Å². The minimum absolute atomic E-state index is 0.123. The molecular weight excluding hydrogens is 438 g/mol. The zero-order valence-corrected chi connectivity index (χ0v) is 19.0. The Kier molecular flexibility index (Phi) is 5.54. The van der Waals surface area contributed by atoms with Crippen molar-refractivity contribution >= 4 is 44.0 Å². The van der Waals surface area contributed by atoms with Gasteiger partial charge in [-0.15, -0.1) is 0 Å². The number of hydrogen-bond acceptors (Lipinski definition) is 7. The van der Waals surface area contributed by atoms with Crippen LogP contribution in [0.4, 0.5) is 0 Å². The molecule has 0 saturated carbocycles. The van der Waals surface area contributed by atoms with Crippen LogP contribution >= 0.6 is 0 Å². The van der Waals surface area contributed by atoms with E-state index in [1.165, 1.54) is 14.2 Å². The summed E-state index contributed by atoms with van der Waals surface area (Å²) < 4.78 is 23.2. The Balaban J connectivity index is 1.68. The number of pyridine rings is 2. The van der Waals surface area contributed by atoms with Crippen molar-refractivity contribution in [2.75, 3.05) is 41.1 Å². The van der Waals surface area contributed by atoms with Crippen molar-refractivity contribution in [2.24, 2.45) is 0 Å². The number of aromatic nitrogens is 2. The van der Waals surface area contributed by atoms with Crippen LogP contribution in [-0.4, -0.2) is 56.4 Å². The van der Waals surface area contributed by atoms with Crippen LogP contribution in [0.5, 0.6) is 17.2 Å². The molecule has 5 aromatic rings. The molecule has 0 bridgehead atoms. The van der Waals surface area contributed by atoms with Crippen molar-refractivity contribution in [2.45, 2.75) is 0 Å². The first-order valence-electron chi connectivity index (χ1n) is 10.7. The van der Waals surface area contributed by atoms with E-state index >= 15 is 0 Å². The maximum absolute atomic E-state index is 13.7. The Bertz CT molecular complexity index is 1590. The average molecular weight is 461 g/mol. The summed E-state index contributed by atoms with van der Waals surface area (Å²) in [5, 5.41) is 5.49. The summed E-state index contributed by atoms with van der Waals surface area (Å²) in [6.07, 6.45) is 1.72. The number of ether oxygens (including phenoxy) is 4. The lowest BCUT2D eigenvalue weighted by Crippen LogP contribution is -2.31. The van der Waals surface area contributed by atoms with Gasteiger partial charge in [-0.3, -0.25) is 19.0 Å². The lowest BCUT2D eigenvalue weighted by Gasteiger charge is -2.12. The largest absolute Gasteiger partial charge is 0.493 e. The molecule has 0 aliphatic heterocycles. The predicted molar refractivity (Wildman–Crippen MR) is 129 cm³/mol. The molecule has 3 heterocycles. The fourth-order valence-corrected chi connectivity index (χ4v) is 4.38. The van der Waals surface area contributed by atoms with Crippen LogP contribution in [0.1, 0.15) is 0 Å². The lowest BCUT2D eigenvalue weighted by atomic mass is 10.1. The standard InChI is InChI=1S/C25H23N3O6/c1-31-11-10-26-20(29)13-34-14-4-6-18-17(12-14)15-8-9-27-22-16-5-7-19(32-2)24(33-3)21(16)25(30)28(18)23(15)22/h4-9,12H,10-11,13H2,1-3H3,(H,26,29). The molecule has 1 N–H and O–H groups in total. The molecule has 3 aromatic heterocycles. The van der Waals surface area contributed by atoms with Crippen molar-refractivity contribution in [3.63, 3.8) is 0 Å². The predicted octanol–water partition coefficient (Wildman–Crippen LogP) is 2.75. The van der Waals surface area contributed by atoms with Crippen LogP contribution < -0.4 is 25.1 Å². The zero-order chi connectivity index (χ0) is 23.8. The molecule has 0 unspecified atom stereocenters.